The minimum atomic E-state index is -1.02. The van der Waals surface area contributed by atoms with Crippen LogP contribution in [-0.4, -0.2) is 21.0 Å². The van der Waals surface area contributed by atoms with Gasteiger partial charge < -0.3 is 15.6 Å². The number of hydrogen-bond acceptors (Lipinski definition) is 5. The van der Waals surface area contributed by atoms with Crippen molar-refractivity contribution in [3.05, 3.63) is 77.5 Å². The fourth-order valence-electron chi connectivity index (χ4n) is 3.34. The highest BCUT2D eigenvalue weighted by Crippen LogP contribution is 2.47. The van der Waals surface area contributed by atoms with Crippen molar-refractivity contribution in [2.24, 2.45) is 0 Å². The molecule has 0 amide bonds. The summed E-state index contributed by atoms with van der Waals surface area (Å²) in [6.07, 6.45) is 5.02. The Morgan fingerprint density at radius 3 is 2.43 bits per heavy atom. The highest BCUT2D eigenvalue weighted by atomic mass is 19.1. The van der Waals surface area contributed by atoms with Crippen LogP contribution in [0, 0.1) is 5.82 Å². The standard InChI is InChI=1S/C21H18FN3O3/c22-17-9-13(14-7-15(8-14)18-10-25-20(23)11-24-18)3-6-19(17)28-16-4-1-12(2-5-16)21(26)27/h1-6,9-11,14-15H,7-8H2,(H2,23,25)(H,26,27). The number of aromatic nitrogens is 2. The number of anilines is 1. The highest BCUT2D eigenvalue weighted by Gasteiger charge is 2.33. The summed E-state index contributed by atoms with van der Waals surface area (Å²) in [5.74, 6) is -0.0155. The van der Waals surface area contributed by atoms with Gasteiger partial charge in [0.15, 0.2) is 11.6 Å². The predicted octanol–water partition coefficient (Wildman–Crippen LogP) is 4.35. The third kappa shape index (κ3) is 3.64. The molecule has 28 heavy (non-hydrogen) atoms. The Balaban J connectivity index is 1.41. The molecule has 1 aromatic heterocycles. The second-order valence-corrected chi connectivity index (χ2v) is 6.85. The largest absolute Gasteiger partial charge is 0.478 e. The fraction of sp³-hybridized carbons (Fsp3) is 0.190. The van der Waals surface area contributed by atoms with Gasteiger partial charge in [-0.25, -0.2) is 14.2 Å². The summed E-state index contributed by atoms with van der Waals surface area (Å²) in [7, 11) is 0. The van der Waals surface area contributed by atoms with Crippen molar-refractivity contribution in [2.75, 3.05) is 5.73 Å². The molecule has 1 fully saturated rings. The van der Waals surface area contributed by atoms with E-state index in [4.69, 9.17) is 15.6 Å². The smallest absolute Gasteiger partial charge is 0.335 e. The number of carboxylic acids is 1. The lowest BCUT2D eigenvalue weighted by molar-refractivity contribution is 0.0697. The summed E-state index contributed by atoms with van der Waals surface area (Å²) in [5, 5.41) is 8.91. The lowest BCUT2D eigenvalue weighted by Gasteiger charge is -2.35. The molecule has 3 N–H and O–H groups in total. The molecule has 1 aliphatic rings. The van der Waals surface area contributed by atoms with Crippen molar-refractivity contribution < 1.29 is 19.0 Å². The zero-order chi connectivity index (χ0) is 19.7. The molecule has 0 saturated heterocycles. The normalized spacial score (nSPS) is 18.3. The first-order chi connectivity index (χ1) is 13.5. The van der Waals surface area contributed by atoms with Crippen LogP contribution in [0.25, 0.3) is 0 Å². The molecule has 1 aliphatic carbocycles. The van der Waals surface area contributed by atoms with E-state index in [-0.39, 0.29) is 17.2 Å². The number of hydrogen-bond donors (Lipinski definition) is 2. The van der Waals surface area contributed by atoms with Gasteiger partial charge in [0.05, 0.1) is 23.7 Å². The van der Waals surface area contributed by atoms with Crippen LogP contribution in [0.2, 0.25) is 0 Å². The number of benzene rings is 2. The molecule has 3 aromatic rings. The second kappa shape index (κ2) is 7.26. The van der Waals surface area contributed by atoms with E-state index < -0.39 is 11.8 Å². The molecule has 4 rings (SSSR count). The van der Waals surface area contributed by atoms with Crippen LogP contribution in [0.5, 0.6) is 11.5 Å². The Morgan fingerprint density at radius 1 is 1.07 bits per heavy atom. The first kappa shape index (κ1) is 17.9. The van der Waals surface area contributed by atoms with Crippen molar-refractivity contribution in [1.82, 2.24) is 9.97 Å². The van der Waals surface area contributed by atoms with Crippen LogP contribution >= 0.6 is 0 Å². The summed E-state index contributed by atoms with van der Waals surface area (Å²) in [6, 6.07) is 10.8. The average Bonchev–Trinajstić information content (AvgIpc) is 2.64. The molecule has 6 nitrogen and oxygen atoms in total. The van der Waals surface area contributed by atoms with E-state index in [1.54, 1.807) is 18.5 Å². The summed E-state index contributed by atoms with van der Waals surface area (Å²) in [6.45, 7) is 0. The number of aromatic carboxylic acids is 1. The monoisotopic (exact) mass is 379 g/mol. The number of carbonyl (C=O) groups is 1. The van der Waals surface area contributed by atoms with E-state index in [9.17, 15) is 9.18 Å². The number of nitrogen functional groups attached to an aromatic ring is 1. The van der Waals surface area contributed by atoms with Crippen molar-refractivity contribution in [2.45, 2.75) is 24.7 Å². The van der Waals surface area contributed by atoms with Gasteiger partial charge in [-0.05, 0) is 60.7 Å². The third-order valence-corrected chi connectivity index (χ3v) is 5.00. The Bertz CT molecular complexity index is 1000. The SMILES string of the molecule is Nc1cnc(C2CC(c3ccc(Oc4ccc(C(=O)O)cc4)c(F)c3)C2)cn1. The molecular weight excluding hydrogens is 361 g/mol. The Hall–Kier alpha value is -3.48. The van der Waals surface area contributed by atoms with Crippen molar-refractivity contribution in [1.29, 1.82) is 0 Å². The summed E-state index contributed by atoms with van der Waals surface area (Å²) < 4.78 is 20.0. The van der Waals surface area contributed by atoms with Crippen molar-refractivity contribution in [3.63, 3.8) is 0 Å². The number of ether oxygens (including phenoxy) is 1. The number of nitrogens with two attached hydrogens (primary N) is 1. The lowest BCUT2D eigenvalue weighted by atomic mass is 9.70. The molecule has 142 valence electrons. The van der Waals surface area contributed by atoms with Gasteiger partial charge in [-0.2, -0.15) is 0 Å². The number of halogens is 1. The maximum absolute atomic E-state index is 14.5. The van der Waals surface area contributed by atoms with Crippen LogP contribution in [0.3, 0.4) is 0 Å². The number of nitrogens with zero attached hydrogens (tertiary/aromatic N) is 2. The zero-order valence-electron chi connectivity index (χ0n) is 14.9. The van der Waals surface area contributed by atoms with E-state index in [1.807, 2.05) is 6.07 Å². The fourth-order valence-corrected chi connectivity index (χ4v) is 3.34. The number of carboxylic acid groups (broad SMARTS) is 1. The molecule has 0 unspecified atom stereocenters. The van der Waals surface area contributed by atoms with E-state index in [2.05, 4.69) is 9.97 Å². The molecule has 1 saturated carbocycles. The molecular formula is C21H18FN3O3. The van der Waals surface area contributed by atoms with Gasteiger partial charge in [-0.3, -0.25) is 4.98 Å². The van der Waals surface area contributed by atoms with Crippen LogP contribution in [0.1, 0.15) is 46.3 Å². The van der Waals surface area contributed by atoms with Crippen LogP contribution in [0.15, 0.2) is 54.9 Å². The molecule has 0 spiro atoms. The Labute approximate surface area is 160 Å². The minimum Gasteiger partial charge on any atom is -0.478 e. The quantitative estimate of drug-likeness (QED) is 0.684. The van der Waals surface area contributed by atoms with Gasteiger partial charge in [-0.1, -0.05) is 6.07 Å². The molecule has 7 heteroatoms. The molecule has 0 atom stereocenters. The van der Waals surface area contributed by atoms with E-state index in [0.29, 0.717) is 17.5 Å². The van der Waals surface area contributed by atoms with Gasteiger partial charge in [0.1, 0.15) is 11.6 Å². The van der Waals surface area contributed by atoms with Gasteiger partial charge in [0.2, 0.25) is 0 Å². The third-order valence-electron chi connectivity index (χ3n) is 5.00. The average molecular weight is 379 g/mol. The van der Waals surface area contributed by atoms with Gasteiger partial charge in [-0.15, -0.1) is 0 Å². The highest BCUT2D eigenvalue weighted by molar-refractivity contribution is 5.87. The summed E-state index contributed by atoms with van der Waals surface area (Å²) in [4.78, 5) is 19.2. The van der Waals surface area contributed by atoms with Crippen LogP contribution in [-0.2, 0) is 0 Å². The van der Waals surface area contributed by atoms with E-state index >= 15 is 0 Å². The zero-order valence-corrected chi connectivity index (χ0v) is 14.9. The first-order valence-electron chi connectivity index (χ1n) is 8.87. The van der Waals surface area contributed by atoms with Gasteiger partial charge >= 0.3 is 5.97 Å². The van der Waals surface area contributed by atoms with Crippen LogP contribution in [0.4, 0.5) is 10.2 Å². The first-order valence-corrected chi connectivity index (χ1v) is 8.87. The second-order valence-electron chi connectivity index (χ2n) is 6.85. The minimum absolute atomic E-state index is 0.104. The maximum Gasteiger partial charge on any atom is 0.335 e. The van der Waals surface area contributed by atoms with Crippen LogP contribution < -0.4 is 10.5 Å². The molecule has 0 bridgehead atoms. The van der Waals surface area contributed by atoms with E-state index in [0.717, 1.165) is 24.1 Å². The Morgan fingerprint density at radius 2 is 1.82 bits per heavy atom. The van der Waals surface area contributed by atoms with Crippen molar-refractivity contribution in [3.8, 4) is 11.5 Å². The maximum atomic E-state index is 14.5. The molecule has 1 heterocycles. The van der Waals surface area contributed by atoms with E-state index in [1.165, 1.54) is 30.3 Å². The lowest BCUT2D eigenvalue weighted by Crippen LogP contribution is -2.21. The Kier molecular flexibility index (Phi) is 4.65. The number of rotatable bonds is 5. The summed E-state index contributed by atoms with van der Waals surface area (Å²) in [5.41, 5.74) is 7.54. The van der Waals surface area contributed by atoms with Gasteiger partial charge in [0, 0.05) is 5.92 Å². The molecule has 0 aliphatic heterocycles. The summed E-state index contributed by atoms with van der Waals surface area (Å²) >= 11 is 0. The van der Waals surface area contributed by atoms with Gasteiger partial charge in [0.25, 0.3) is 0 Å². The molecule has 2 aromatic carbocycles. The topological polar surface area (TPSA) is 98.3 Å². The molecule has 0 radical (unpaired) electrons. The predicted molar refractivity (Wildman–Crippen MR) is 101 cm³/mol. The van der Waals surface area contributed by atoms with Crippen molar-refractivity contribution >= 4 is 11.8 Å².